The van der Waals surface area contributed by atoms with Crippen LogP contribution in [0.5, 0.6) is 0 Å². The van der Waals surface area contributed by atoms with Crippen molar-refractivity contribution in [3.63, 3.8) is 0 Å². The minimum absolute atomic E-state index is 0.00454. The van der Waals surface area contributed by atoms with E-state index in [1.807, 2.05) is 6.07 Å². The second-order valence-corrected chi connectivity index (χ2v) is 5.59. The summed E-state index contributed by atoms with van der Waals surface area (Å²) in [5.74, 6) is -0.118. The SMILES string of the molecule is CCCC1(c2c(F)cccc2Cl)CCCCC1. The molecule has 0 saturated heterocycles. The average molecular weight is 255 g/mol. The molecule has 2 rings (SSSR count). The van der Waals surface area contributed by atoms with Crippen LogP contribution >= 0.6 is 11.6 Å². The third kappa shape index (κ3) is 2.49. The first-order valence-corrected chi connectivity index (χ1v) is 7.02. The van der Waals surface area contributed by atoms with Crippen LogP contribution in [0.4, 0.5) is 4.39 Å². The third-order valence-corrected chi connectivity index (χ3v) is 4.35. The highest BCUT2D eigenvalue weighted by Gasteiger charge is 2.36. The molecule has 0 heterocycles. The Hall–Kier alpha value is -0.560. The third-order valence-electron chi connectivity index (χ3n) is 4.03. The molecule has 0 amide bonds. The lowest BCUT2D eigenvalue weighted by Gasteiger charge is -2.38. The van der Waals surface area contributed by atoms with Crippen LogP contribution in [0.2, 0.25) is 5.02 Å². The zero-order chi connectivity index (χ0) is 12.3. The lowest BCUT2D eigenvalue weighted by molar-refractivity contribution is 0.263. The van der Waals surface area contributed by atoms with Gasteiger partial charge >= 0.3 is 0 Å². The summed E-state index contributed by atoms with van der Waals surface area (Å²) in [5.41, 5.74) is 0.776. The van der Waals surface area contributed by atoms with E-state index >= 15 is 0 Å². The Balaban J connectivity index is 2.44. The highest BCUT2D eigenvalue weighted by atomic mass is 35.5. The highest BCUT2D eigenvalue weighted by Crippen LogP contribution is 2.46. The molecule has 0 radical (unpaired) electrons. The summed E-state index contributed by atoms with van der Waals surface area (Å²) in [6.07, 6.45) is 7.98. The van der Waals surface area contributed by atoms with E-state index in [1.54, 1.807) is 12.1 Å². The van der Waals surface area contributed by atoms with Crippen molar-refractivity contribution < 1.29 is 4.39 Å². The molecule has 1 fully saturated rings. The predicted octanol–water partition coefficient (Wildman–Crippen LogP) is 5.48. The van der Waals surface area contributed by atoms with Gasteiger partial charge in [0, 0.05) is 10.6 Å². The van der Waals surface area contributed by atoms with E-state index in [4.69, 9.17) is 11.6 Å². The largest absolute Gasteiger partial charge is 0.207 e. The molecular weight excluding hydrogens is 235 g/mol. The molecule has 0 spiro atoms. The van der Waals surface area contributed by atoms with Gasteiger partial charge in [0.05, 0.1) is 0 Å². The number of hydrogen-bond donors (Lipinski definition) is 0. The summed E-state index contributed by atoms with van der Waals surface area (Å²) in [6, 6.07) is 5.07. The standard InChI is InChI=1S/C15H20ClF/c1-2-9-15(10-4-3-5-11-15)14-12(16)7-6-8-13(14)17/h6-8H,2-5,9-11H2,1H3. The molecule has 2 heteroatoms. The van der Waals surface area contributed by atoms with Crippen LogP contribution in [-0.4, -0.2) is 0 Å². The van der Waals surface area contributed by atoms with E-state index in [1.165, 1.54) is 19.3 Å². The second kappa shape index (κ2) is 5.39. The summed E-state index contributed by atoms with van der Waals surface area (Å²) >= 11 is 6.25. The summed E-state index contributed by atoms with van der Waals surface area (Å²) in [5, 5.41) is 0.611. The predicted molar refractivity (Wildman–Crippen MR) is 71.1 cm³/mol. The summed E-state index contributed by atoms with van der Waals surface area (Å²) in [6.45, 7) is 2.17. The molecule has 0 N–H and O–H groups in total. The Morgan fingerprint density at radius 1 is 1.24 bits per heavy atom. The molecule has 0 unspecified atom stereocenters. The van der Waals surface area contributed by atoms with E-state index in [-0.39, 0.29) is 11.2 Å². The van der Waals surface area contributed by atoms with E-state index in [0.717, 1.165) is 31.2 Å². The normalized spacial score (nSPS) is 19.2. The van der Waals surface area contributed by atoms with Gasteiger partial charge in [-0.2, -0.15) is 0 Å². The number of hydrogen-bond acceptors (Lipinski definition) is 0. The van der Waals surface area contributed by atoms with Gasteiger partial charge in [-0.1, -0.05) is 50.3 Å². The Labute approximate surface area is 108 Å². The van der Waals surface area contributed by atoms with Gasteiger partial charge in [-0.15, -0.1) is 0 Å². The molecular formula is C15H20ClF. The number of benzene rings is 1. The quantitative estimate of drug-likeness (QED) is 0.670. The molecule has 1 aromatic carbocycles. The summed E-state index contributed by atoms with van der Waals surface area (Å²) in [4.78, 5) is 0. The lowest BCUT2D eigenvalue weighted by Crippen LogP contribution is -2.30. The molecule has 0 aromatic heterocycles. The highest BCUT2D eigenvalue weighted by molar-refractivity contribution is 6.31. The maximum Gasteiger partial charge on any atom is 0.128 e. The molecule has 17 heavy (non-hydrogen) atoms. The maximum absolute atomic E-state index is 14.1. The molecule has 0 bridgehead atoms. The van der Waals surface area contributed by atoms with Crippen LogP contribution in [0, 0.1) is 5.82 Å². The van der Waals surface area contributed by atoms with Crippen molar-refractivity contribution in [1.82, 2.24) is 0 Å². The van der Waals surface area contributed by atoms with E-state index in [2.05, 4.69) is 6.92 Å². The second-order valence-electron chi connectivity index (χ2n) is 5.19. The fourth-order valence-electron chi connectivity index (χ4n) is 3.34. The van der Waals surface area contributed by atoms with Gasteiger partial charge in [-0.3, -0.25) is 0 Å². The van der Waals surface area contributed by atoms with Crippen LogP contribution < -0.4 is 0 Å². The molecule has 0 nitrogen and oxygen atoms in total. The van der Waals surface area contributed by atoms with Crippen molar-refractivity contribution in [2.45, 2.75) is 57.3 Å². The first-order valence-electron chi connectivity index (χ1n) is 6.64. The van der Waals surface area contributed by atoms with Gasteiger partial charge < -0.3 is 0 Å². The van der Waals surface area contributed by atoms with Crippen molar-refractivity contribution in [3.8, 4) is 0 Å². The zero-order valence-corrected chi connectivity index (χ0v) is 11.2. The van der Waals surface area contributed by atoms with Crippen molar-refractivity contribution in [1.29, 1.82) is 0 Å². The van der Waals surface area contributed by atoms with Gasteiger partial charge in [0.15, 0.2) is 0 Å². The monoisotopic (exact) mass is 254 g/mol. The van der Waals surface area contributed by atoms with Gasteiger partial charge in [0.2, 0.25) is 0 Å². The van der Waals surface area contributed by atoms with Gasteiger partial charge in [0.1, 0.15) is 5.82 Å². The molecule has 1 saturated carbocycles. The Morgan fingerprint density at radius 2 is 1.94 bits per heavy atom. The van der Waals surface area contributed by atoms with Crippen molar-refractivity contribution in [2.24, 2.45) is 0 Å². The molecule has 1 aromatic rings. The smallest absolute Gasteiger partial charge is 0.128 e. The number of halogens is 2. The fourth-order valence-corrected chi connectivity index (χ4v) is 3.70. The molecule has 0 atom stereocenters. The van der Waals surface area contributed by atoms with Crippen molar-refractivity contribution in [3.05, 3.63) is 34.6 Å². The maximum atomic E-state index is 14.1. The minimum Gasteiger partial charge on any atom is -0.207 e. The minimum atomic E-state index is -0.118. The topological polar surface area (TPSA) is 0 Å². The fraction of sp³-hybridized carbons (Fsp3) is 0.600. The molecule has 94 valence electrons. The van der Waals surface area contributed by atoms with Crippen LogP contribution in [-0.2, 0) is 5.41 Å². The van der Waals surface area contributed by atoms with Gasteiger partial charge in [-0.25, -0.2) is 4.39 Å². The Bertz CT molecular complexity index is 355. The summed E-state index contributed by atoms with van der Waals surface area (Å²) < 4.78 is 14.1. The van der Waals surface area contributed by atoms with Crippen molar-refractivity contribution >= 4 is 11.6 Å². The number of rotatable bonds is 3. The summed E-state index contributed by atoms with van der Waals surface area (Å²) in [7, 11) is 0. The van der Waals surface area contributed by atoms with Gasteiger partial charge in [0.25, 0.3) is 0 Å². The first-order chi connectivity index (χ1) is 8.19. The van der Waals surface area contributed by atoms with E-state index in [9.17, 15) is 4.39 Å². The average Bonchev–Trinajstić information content (AvgIpc) is 2.30. The van der Waals surface area contributed by atoms with Gasteiger partial charge in [-0.05, 0) is 36.8 Å². The first kappa shape index (κ1) is 12.9. The van der Waals surface area contributed by atoms with Crippen LogP contribution in [0.15, 0.2) is 18.2 Å². The molecule has 1 aliphatic rings. The Morgan fingerprint density at radius 3 is 2.53 bits per heavy atom. The van der Waals surface area contributed by atoms with Crippen LogP contribution in [0.1, 0.15) is 57.4 Å². The Kier molecular flexibility index (Phi) is 4.09. The van der Waals surface area contributed by atoms with Crippen LogP contribution in [0.25, 0.3) is 0 Å². The molecule has 0 aliphatic heterocycles. The van der Waals surface area contributed by atoms with Crippen LogP contribution in [0.3, 0.4) is 0 Å². The van der Waals surface area contributed by atoms with E-state index < -0.39 is 0 Å². The van der Waals surface area contributed by atoms with Crippen molar-refractivity contribution in [2.75, 3.05) is 0 Å². The zero-order valence-electron chi connectivity index (χ0n) is 10.4. The lowest BCUT2D eigenvalue weighted by atomic mass is 9.67. The van der Waals surface area contributed by atoms with E-state index in [0.29, 0.717) is 5.02 Å². The molecule has 1 aliphatic carbocycles.